The summed E-state index contributed by atoms with van der Waals surface area (Å²) in [5.41, 5.74) is 3.08. The highest BCUT2D eigenvalue weighted by atomic mass is 79.9. The van der Waals surface area contributed by atoms with Crippen molar-refractivity contribution in [3.63, 3.8) is 0 Å². The van der Waals surface area contributed by atoms with Crippen molar-refractivity contribution in [2.24, 2.45) is 0 Å². The van der Waals surface area contributed by atoms with Crippen LogP contribution in [0.2, 0.25) is 0 Å². The quantitative estimate of drug-likeness (QED) is 0.291. The summed E-state index contributed by atoms with van der Waals surface area (Å²) in [7, 11) is -1.57. The molecule has 0 spiro atoms. The van der Waals surface area contributed by atoms with Gasteiger partial charge in [-0.05, 0) is 48.9 Å². The van der Waals surface area contributed by atoms with E-state index in [1.54, 1.807) is 13.0 Å². The number of nitrogens with zero attached hydrogens (tertiary/aromatic N) is 1. The van der Waals surface area contributed by atoms with E-state index in [1.165, 1.54) is 32.4 Å². The van der Waals surface area contributed by atoms with Crippen LogP contribution in [0.4, 0.5) is 5.69 Å². The first-order chi connectivity index (χ1) is 17.7. The van der Waals surface area contributed by atoms with Crippen LogP contribution in [0.1, 0.15) is 26.3 Å². The van der Waals surface area contributed by atoms with Gasteiger partial charge in [0.05, 0.1) is 40.0 Å². The van der Waals surface area contributed by atoms with Crippen LogP contribution < -0.4 is 5.32 Å². The van der Waals surface area contributed by atoms with Crippen molar-refractivity contribution in [2.45, 2.75) is 11.8 Å². The molecule has 37 heavy (non-hydrogen) atoms. The summed E-state index contributed by atoms with van der Waals surface area (Å²) in [4.78, 5) is 30.4. The number of rotatable bonds is 7. The summed E-state index contributed by atoms with van der Waals surface area (Å²) in [6, 6.07) is 18.8. The maximum absolute atomic E-state index is 13.8. The van der Waals surface area contributed by atoms with E-state index in [4.69, 9.17) is 14.5 Å². The van der Waals surface area contributed by atoms with Crippen LogP contribution in [0.5, 0.6) is 0 Å². The van der Waals surface area contributed by atoms with Crippen molar-refractivity contribution in [3.8, 4) is 11.3 Å². The van der Waals surface area contributed by atoms with Crippen molar-refractivity contribution in [2.75, 3.05) is 25.5 Å². The van der Waals surface area contributed by atoms with E-state index in [-0.39, 0.29) is 16.1 Å². The summed E-state index contributed by atoms with van der Waals surface area (Å²) in [6.45, 7) is 1.80. The summed E-state index contributed by atoms with van der Waals surface area (Å²) in [5.74, 6) is -1.87. The largest absolute Gasteiger partial charge is 0.465 e. The number of carbonyl (C=O) groups excluding carboxylic acids is 2. The smallest absolute Gasteiger partial charge is 0.337 e. The number of fused-ring (bicyclic) bond motifs is 1. The number of pyridine rings is 1. The number of amides is 1. The second-order valence-corrected chi connectivity index (χ2v) is 11.0. The molecule has 1 aromatic heterocycles. The van der Waals surface area contributed by atoms with E-state index in [0.717, 1.165) is 10.0 Å². The first-order valence-electron chi connectivity index (χ1n) is 11.1. The first kappa shape index (κ1) is 26.5. The number of esters is 1. The zero-order valence-corrected chi connectivity index (χ0v) is 22.6. The molecule has 190 valence electrons. The number of aromatic nitrogens is 1. The minimum absolute atomic E-state index is 0.00956. The lowest BCUT2D eigenvalue weighted by molar-refractivity contribution is 0.0600. The number of carbonyl (C=O) groups is 2. The molecule has 0 fully saturated rings. The average molecular weight is 583 g/mol. The molecule has 4 rings (SSSR count). The highest BCUT2D eigenvalue weighted by molar-refractivity contribution is 9.10. The molecule has 1 amide bonds. The van der Waals surface area contributed by atoms with E-state index in [9.17, 15) is 18.0 Å². The Bertz CT molecular complexity index is 1620. The molecule has 3 aromatic carbocycles. The molecule has 1 N–H and O–H groups in total. The fourth-order valence-corrected chi connectivity index (χ4v) is 5.59. The van der Waals surface area contributed by atoms with Gasteiger partial charge >= 0.3 is 5.97 Å². The zero-order chi connectivity index (χ0) is 26.7. The number of ether oxygens (including phenoxy) is 2. The second-order valence-electron chi connectivity index (χ2n) is 8.17. The highest BCUT2D eigenvalue weighted by Crippen LogP contribution is 2.33. The Kier molecular flexibility index (Phi) is 7.72. The van der Waals surface area contributed by atoms with Crippen LogP contribution in [0.25, 0.3) is 22.2 Å². The Hall–Kier alpha value is -3.60. The number of nitrogens with one attached hydrogen (secondary N) is 1. The lowest BCUT2D eigenvalue weighted by Crippen LogP contribution is -2.19. The Balaban J connectivity index is 1.89. The van der Waals surface area contributed by atoms with Crippen molar-refractivity contribution in [1.29, 1.82) is 0 Å². The summed E-state index contributed by atoms with van der Waals surface area (Å²) in [6.07, 6.45) is 0. The molecule has 0 radical (unpaired) electrons. The third kappa shape index (κ3) is 5.41. The van der Waals surface area contributed by atoms with Crippen molar-refractivity contribution >= 4 is 54.2 Å². The van der Waals surface area contributed by atoms with Gasteiger partial charge in [-0.3, -0.25) is 4.79 Å². The molecular formula is C27H23BrN2O6S. The Morgan fingerprint density at radius 1 is 1.00 bits per heavy atom. The average Bonchev–Trinajstić information content (AvgIpc) is 2.88. The highest BCUT2D eigenvalue weighted by Gasteiger charge is 2.25. The van der Waals surface area contributed by atoms with Crippen molar-refractivity contribution in [1.82, 2.24) is 4.98 Å². The van der Waals surface area contributed by atoms with Crippen molar-refractivity contribution < 1.29 is 27.5 Å². The van der Waals surface area contributed by atoms with Crippen LogP contribution in [-0.2, 0) is 19.3 Å². The van der Waals surface area contributed by atoms with Gasteiger partial charge in [0.15, 0.2) is 5.94 Å². The number of benzene rings is 3. The minimum atomic E-state index is -4.01. The molecule has 0 aliphatic carbocycles. The van der Waals surface area contributed by atoms with Crippen LogP contribution in [0.15, 0.2) is 76.1 Å². The molecule has 10 heteroatoms. The third-order valence-electron chi connectivity index (χ3n) is 5.72. The molecule has 0 aliphatic rings. The molecule has 0 unspecified atom stereocenters. The zero-order valence-electron chi connectivity index (χ0n) is 20.2. The number of anilines is 1. The first-order valence-corrected chi connectivity index (χ1v) is 13.5. The standard InChI is InChI=1S/C27H23BrN2O6S/c1-16-24(20-14-19(28)10-12-21(20)29-25(16)17-7-5-4-6-8-17)26(31)30-22-11-9-18(27(32)36-3)13-23(22)37(33,34)15-35-2/h4-14H,15H2,1-3H3,(H,30,31). The molecule has 4 aromatic rings. The van der Waals surface area contributed by atoms with Crippen LogP contribution >= 0.6 is 15.9 Å². The van der Waals surface area contributed by atoms with E-state index >= 15 is 0 Å². The van der Waals surface area contributed by atoms with Crippen LogP contribution in [0, 0.1) is 6.92 Å². The Morgan fingerprint density at radius 3 is 2.41 bits per heavy atom. The molecule has 1 heterocycles. The topological polar surface area (TPSA) is 112 Å². The fraction of sp³-hybridized carbons (Fsp3) is 0.148. The van der Waals surface area contributed by atoms with Crippen molar-refractivity contribution in [3.05, 3.63) is 87.9 Å². The van der Waals surface area contributed by atoms with Gasteiger partial charge in [0.1, 0.15) is 0 Å². The Labute approximate surface area is 222 Å². The molecule has 8 nitrogen and oxygen atoms in total. The molecular weight excluding hydrogens is 560 g/mol. The molecule has 0 saturated carbocycles. The normalized spacial score (nSPS) is 11.4. The number of hydrogen-bond donors (Lipinski definition) is 1. The van der Waals surface area contributed by atoms with Gasteiger partial charge in [0.2, 0.25) is 9.84 Å². The van der Waals surface area contributed by atoms with Crippen LogP contribution in [0.3, 0.4) is 0 Å². The van der Waals surface area contributed by atoms with Gasteiger partial charge in [-0.2, -0.15) is 0 Å². The summed E-state index contributed by atoms with van der Waals surface area (Å²) < 4.78 is 36.2. The maximum Gasteiger partial charge on any atom is 0.337 e. The lowest BCUT2D eigenvalue weighted by Gasteiger charge is -2.17. The van der Waals surface area contributed by atoms with Crippen LogP contribution in [-0.4, -0.2) is 45.4 Å². The van der Waals surface area contributed by atoms with Gasteiger partial charge < -0.3 is 14.8 Å². The predicted octanol–water partition coefficient (Wildman–Crippen LogP) is 5.39. The predicted molar refractivity (Wildman–Crippen MR) is 144 cm³/mol. The molecule has 0 saturated heterocycles. The lowest BCUT2D eigenvalue weighted by atomic mass is 9.97. The third-order valence-corrected chi connectivity index (χ3v) is 7.77. The minimum Gasteiger partial charge on any atom is -0.465 e. The summed E-state index contributed by atoms with van der Waals surface area (Å²) in [5, 5.41) is 3.33. The number of hydrogen-bond acceptors (Lipinski definition) is 7. The van der Waals surface area contributed by atoms with Gasteiger partial charge in [-0.1, -0.05) is 46.3 Å². The van der Waals surface area contributed by atoms with E-state index in [2.05, 4.69) is 21.2 Å². The number of halogens is 1. The number of methoxy groups -OCH3 is 2. The monoisotopic (exact) mass is 582 g/mol. The van der Waals surface area contributed by atoms with Gasteiger partial charge in [0, 0.05) is 22.5 Å². The van der Waals surface area contributed by atoms with E-state index in [0.29, 0.717) is 27.7 Å². The Morgan fingerprint density at radius 2 is 1.73 bits per heavy atom. The van der Waals surface area contributed by atoms with Gasteiger partial charge in [-0.25, -0.2) is 18.2 Å². The SMILES string of the molecule is COCS(=O)(=O)c1cc(C(=O)OC)ccc1NC(=O)c1c(C)c(-c2ccccc2)nc2ccc(Br)cc12. The molecule has 0 atom stereocenters. The van der Waals surface area contributed by atoms with E-state index < -0.39 is 27.7 Å². The number of sulfone groups is 1. The molecule has 0 bridgehead atoms. The maximum atomic E-state index is 13.8. The van der Waals surface area contributed by atoms with Gasteiger partial charge in [-0.15, -0.1) is 0 Å². The van der Waals surface area contributed by atoms with Gasteiger partial charge in [0.25, 0.3) is 5.91 Å². The summed E-state index contributed by atoms with van der Waals surface area (Å²) >= 11 is 3.46. The fourth-order valence-electron chi connectivity index (χ4n) is 4.03. The van der Waals surface area contributed by atoms with E-state index in [1.807, 2.05) is 42.5 Å². The molecule has 0 aliphatic heterocycles. The second kappa shape index (κ2) is 10.8.